The standard InChI is InChI=1S/C12H9N3O4/c1-2-3-8-19-12(16)11(14-13)9-4-6-10(7-5-9)15(17)18/h4-7H,8H2,1H3. The van der Waals surface area contributed by atoms with E-state index in [4.69, 9.17) is 10.3 Å². The fourth-order valence-electron chi connectivity index (χ4n) is 1.20. The zero-order valence-corrected chi connectivity index (χ0v) is 9.99. The molecular weight excluding hydrogens is 250 g/mol. The molecule has 0 aliphatic carbocycles. The monoisotopic (exact) mass is 259 g/mol. The zero-order chi connectivity index (χ0) is 14.3. The van der Waals surface area contributed by atoms with Crippen LogP contribution in [0.25, 0.3) is 5.53 Å². The van der Waals surface area contributed by atoms with E-state index in [-0.39, 0.29) is 23.6 Å². The first-order chi connectivity index (χ1) is 9.10. The number of nitro groups is 1. The van der Waals surface area contributed by atoms with E-state index in [0.717, 1.165) is 0 Å². The lowest BCUT2D eigenvalue weighted by Crippen LogP contribution is -2.20. The van der Waals surface area contributed by atoms with E-state index >= 15 is 0 Å². The number of non-ortho nitro benzene ring substituents is 1. The Morgan fingerprint density at radius 2 is 2.11 bits per heavy atom. The predicted octanol–water partition coefficient (Wildman–Crippen LogP) is 1.18. The van der Waals surface area contributed by atoms with Crippen molar-refractivity contribution in [2.24, 2.45) is 0 Å². The van der Waals surface area contributed by atoms with Crippen molar-refractivity contribution < 1.29 is 19.2 Å². The average Bonchev–Trinajstić information content (AvgIpc) is 2.40. The summed E-state index contributed by atoms with van der Waals surface area (Å²) in [5, 5.41) is 10.5. The van der Waals surface area contributed by atoms with Crippen LogP contribution in [0.15, 0.2) is 24.3 Å². The van der Waals surface area contributed by atoms with Crippen LogP contribution in [-0.4, -0.2) is 28.0 Å². The second-order valence-corrected chi connectivity index (χ2v) is 3.26. The number of rotatable bonds is 4. The molecule has 7 nitrogen and oxygen atoms in total. The molecule has 0 radical (unpaired) electrons. The Balaban J connectivity index is 2.91. The van der Waals surface area contributed by atoms with E-state index in [1.165, 1.54) is 24.3 Å². The molecule has 1 aromatic rings. The van der Waals surface area contributed by atoms with Gasteiger partial charge in [-0.1, -0.05) is 5.92 Å². The fourth-order valence-corrected chi connectivity index (χ4v) is 1.20. The van der Waals surface area contributed by atoms with Gasteiger partial charge in [0.15, 0.2) is 6.61 Å². The number of benzene rings is 1. The Labute approximate surface area is 108 Å². The second kappa shape index (κ2) is 6.69. The highest BCUT2D eigenvalue weighted by Crippen LogP contribution is 2.12. The molecule has 0 spiro atoms. The minimum atomic E-state index is -0.862. The summed E-state index contributed by atoms with van der Waals surface area (Å²) in [7, 11) is 0. The SMILES string of the molecule is CC#CCOC(=O)C(=[N+]=[N-])c1ccc([N+](=O)[O-])cc1. The summed E-state index contributed by atoms with van der Waals surface area (Å²) in [5.74, 6) is 4.19. The average molecular weight is 259 g/mol. The summed E-state index contributed by atoms with van der Waals surface area (Å²) in [6.07, 6.45) is 0. The normalized spacial score (nSPS) is 8.68. The van der Waals surface area contributed by atoms with Crippen molar-refractivity contribution in [3.63, 3.8) is 0 Å². The molecule has 0 heterocycles. The molecule has 0 aromatic heterocycles. The number of hydrogen-bond donors (Lipinski definition) is 0. The third-order valence-corrected chi connectivity index (χ3v) is 2.10. The van der Waals surface area contributed by atoms with Gasteiger partial charge in [0.1, 0.15) is 0 Å². The molecule has 0 aliphatic rings. The Bertz CT molecular complexity index is 604. The summed E-state index contributed by atoms with van der Waals surface area (Å²) >= 11 is 0. The largest absolute Gasteiger partial charge is 0.444 e. The van der Waals surface area contributed by atoms with E-state index in [1.807, 2.05) is 0 Å². The number of nitrogens with zero attached hydrogens (tertiary/aromatic N) is 3. The van der Waals surface area contributed by atoms with E-state index < -0.39 is 10.9 Å². The molecule has 1 aromatic carbocycles. The van der Waals surface area contributed by atoms with Gasteiger partial charge in [0, 0.05) is 12.1 Å². The molecule has 0 bridgehead atoms. The van der Waals surface area contributed by atoms with Gasteiger partial charge in [0.05, 0.1) is 10.5 Å². The smallest absolute Gasteiger partial charge is 0.423 e. The third-order valence-electron chi connectivity index (χ3n) is 2.10. The van der Waals surface area contributed by atoms with Gasteiger partial charge in [0.25, 0.3) is 5.69 Å². The highest BCUT2D eigenvalue weighted by atomic mass is 16.6. The molecule has 0 aliphatic heterocycles. The molecule has 0 fully saturated rings. The fraction of sp³-hybridized carbons (Fsp3) is 0.167. The predicted molar refractivity (Wildman–Crippen MR) is 65.2 cm³/mol. The van der Waals surface area contributed by atoms with Crippen LogP contribution in [0.2, 0.25) is 0 Å². The lowest BCUT2D eigenvalue weighted by Gasteiger charge is -1.97. The molecule has 19 heavy (non-hydrogen) atoms. The summed E-state index contributed by atoms with van der Waals surface area (Å²) in [6.45, 7) is 1.46. The van der Waals surface area contributed by atoms with Crippen LogP contribution in [0.3, 0.4) is 0 Å². The number of carbonyl (C=O) groups is 1. The molecule has 0 saturated heterocycles. The minimum absolute atomic E-state index is 0.124. The second-order valence-electron chi connectivity index (χ2n) is 3.26. The van der Waals surface area contributed by atoms with E-state index in [1.54, 1.807) is 6.92 Å². The van der Waals surface area contributed by atoms with Crippen molar-refractivity contribution in [1.29, 1.82) is 0 Å². The van der Waals surface area contributed by atoms with E-state index in [0.29, 0.717) is 0 Å². The first-order valence-corrected chi connectivity index (χ1v) is 5.13. The van der Waals surface area contributed by atoms with Gasteiger partial charge in [0.2, 0.25) is 0 Å². The molecule has 0 atom stereocenters. The van der Waals surface area contributed by atoms with Crippen LogP contribution in [0, 0.1) is 22.0 Å². The highest BCUT2D eigenvalue weighted by Gasteiger charge is 2.24. The Kier molecular flexibility index (Phi) is 4.96. The summed E-state index contributed by atoms with van der Waals surface area (Å²) in [4.78, 5) is 24.3. The van der Waals surface area contributed by atoms with Crippen molar-refractivity contribution in [2.75, 3.05) is 6.61 Å². The lowest BCUT2D eigenvalue weighted by atomic mass is 10.1. The Morgan fingerprint density at radius 3 is 2.58 bits per heavy atom. The highest BCUT2D eigenvalue weighted by molar-refractivity contribution is 6.40. The summed E-state index contributed by atoms with van der Waals surface area (Å²) in [6, 6.07) is 4.97. The van der Waals surface area contributed by atoms with Crippen molar-refractivity contribution in [1.82, 2.24) is 0 Å². The van der Waals surface area contributed by atoms with Gasteiger partial charge in [-0.2, -0.15) is 4.79 Å². The first-order valence-electron chi connectivity index (χ1n) is 5.13. The molecule has 0 saturated carbocycles. The first kappa shape index (κ1) is 14.1. The lowest BCUT2D eigenvalue weighted by molar-refractivity contribution is -0.384. The Morgan fingerprint density at radius 1 is 1.47 bits per heavy atom. The van der Waals surface area contributed by atoms with Crippen LogP contribution < -0.4 is 0 Å². The van der Waals surface area contributed by atoms with Crippen molar-refractivity contribution in [2.45, 2.75) is 6.92 Å². The summed E-state index contributed by atoms with van der Waals surface area (Å²) in [5.41, 5.74) is 8.54. The van der Waals surface area contributed by atoms with Gasteiger partial charge < -0.3 is 10.3 Å². The van der Waals surface area contributed by atoms with Gasteiger partial charge in [-0.3, -0.25) is 10.1 Å². The van der Waals surface area contributed by atoms with E-state index in [2.05, 4.69) is 16.6 Å². The maximum atomic E-state index is 11.6. The molecule has 0 amide bonds. The van der Waals surface area contributed by atoms with Crippen LogP contribution >= 0.6 is 0 Å². The third kappa shape index (κ3) is 3.77. The number of ether oxygens (including phenoxy) is 1. The molecule has 0 unspecified atom stereocenters. The van der Waals surface area contributed by atoms with Gasteiger partial charge >= 0.3 is 11.7 Å². The van der Waals surface area contributed by atoms with Crippen molar-refractivity contribution in [3.05, 3.63) is 45.5 Å². The number of carbonyl (C=O) groups excluding carboxylic acids is 1. The molecule has 0 N–H and O–H groups in total. The Hall–Kier alpha value is -2.97. The maximum absolute atomic E-state index is 11.6. The summed E-state index contributed by atoms with van der Waals surface area (Å²) < 4.78 is 4.73. The number of hydrogen-bond acceptors (Lipinski definition) is 4. The van der Waals surface area contributed by atoms with Gasteiger partial charge in [-0.25, -0.2) is 4.79 Å². The van der Waals surface area contributed by atoms with Gasteiger partial charge in [-0.15, -0.1) is 5.92 Å². The quantitative estimate of drug-likeness (QED) is 0.154. The minimum Gasteiger partial charge on any atom is -0.444 e. The van der Waals surface area contributed by atoms with E-state index in [9.17, 15) is 14.9 Å². The van der Waals surface area contributed by atoms with Crippen LogP contribution in [0.1, 0.15) is 12.5 Å². The molecule has 96 valence electrons. The number of nitro benzene ring substituents is 1. The van der Waals surface area contributed by atoms with Crippen molar-refractivity contribution in [3.8, 4) is 11.8 Å². The molecular formula is C12H9N3O4. The zero-order valence-electron chi connectivity index (χ0n) is 9.99. The molecule has 1 rings (SSSR count). The van der Waals surface area contributed by atoms with Gasteiger partial charge in [-0.05, 0) is 19.1 Å². The maximum Gasteiger partial charge on any atom is 0.423 e. The van der Waals surface area contributed by atoms with Crippen LogP contribution in [-0.2, 0) is 9.53 Å². The molecule has 7 heteroatoms. The van der Waals surface area contributed by atoms with Crippen LogP contribution in [0.5, 0.6) is 0 Å². The van der Waals surface area contributed by atoms with Crippen molar-refractivity contribution >= 4 is 17.4 Å². The topological polar surface area (TPSA) is 106 Å². The number of esters is 1. The van der Waals surface area contributed by atoms with Crippen LogP contribution in [0.4, 0.5) is 5.69 Å².